The molecule has 2 heterocycles. The lowest BCUT2D eigenvalue weighted by Crippen LogP contribution is -2.49. The van der Waals surface area contributed by atoms with Crippen LogP contribution < -0.4 is 10.2 Å². The summed E-state index contributed by atoms with van der Waals surface area (Å²) in [6.45, 7) is 0.637. The van der Waals surface area contributed by atoms with Gasteiger partial charge in [0.05, 0.1) is 0 Å². The van der Waals surface area contributed by atoms with E-state index < -0.39 is 5.97 Å². The van der Waals surface area contributed by atoms with E-state index in [0.29, 0.717) is 13.0 Å². The second kappa shape index (κ2) is 5.07. The van der Waals surface area contributed by atoms with E-state index in [9.17, 15) is 9.59 Å². The molecular weight excluding hydrogens is 238 g/mol. The van der Waals surface area contributed by atoms with Gasteiger partial charge in [-0.05, 0) is 19.3 Å². The molecule has 1 aliphatic heterocycles. The van der Waals surface area contributed by atoms with Crippen molar-refractivity contribution in [3.63, 3.8) is 0 Å². The predicted molar refractivity (Wildman–Crippen MR) is 62.5 cm³/mol. The third-order valence-corrected chi connectivity index (χ3v) is 3.01. The minimum atomic E-state index is -1.14. The van der Waals surface area contributed by atoms with Crippen molar-refractivity contribution in [3.8, 4) is 0 Å². The Morgan fingerprint density at radius 2 is 2.33 bits per heavy atom. The fourth-order valence-electron chi connectivity index (χ4n) is 2.09. The standard InChI is InChI=1S/C11H15N3O4/c1-12-9(15)8-4-2-3-5-14(8)11-13-7(6-18-11)10(16)17/h6,8H,2-5H2,1H3,(H,12,15)(H,16,17). The zero-order chi connectivity index (χ0) is 13.1. The van der Waals surface area contributed by atoms with Crippen molar-refractivity contribution in [1.29, 1.82) is 0 Å². The van der Waals surface area contributed by atoms with Gasteiger partial charge in [0.1, 0.15) is 12.3 Å². The van der Waals surface area contributed by atoms with Crippen molar-refractivity contribution in [3.05, 3.63) is 12.0 Å². The summed E-state index contributed by atoms with van der Waals surface area (Å²) in [5.74, 6) is -1.25. The maximum atomic E-state index is 11.8. The first kappa shape index (κ1) is 12.4. The normalized spacial score (nSPS) is 19.6. The highest BCUT2D eigenvalue weighted by Crippen LogP contribution is 2.24. The van der Waals surface area contributed by atoms with Crippen LogP contribution >= 0.6 is 0 Å². The van der Waals surface area contributed by atoms with E-state index in [1.165, 1.54) is 0 Å². The van der Waals surface area contributed by atoms with Crippen LogP contribution in [-0.2, 0) is 4.79 Å². The largest absolute Gasteiger partial charge is 0.476 e. The number of carbonyl (C=O) groups excluding carboxylic acids is 1. The highest BCUT2D eigenvalue weighted by atomic mass is 16.4. The average Bonchev–Trinajstić information content (AvgIpc) is 2.87. The van der Waals surface area contributed by atoms with Crippen LogP contribution in [0.1, 0.15) is 29.8 Å². The molecule has 2 N–H and O–H groups in total. The SMILES string of the molecule is CNC(=O)C1CCCCN1c1nc(C(=O)O)co1. The minimum Gasteiger partial charge on any atom is -0.476 e. The van der Waals surface area contributed by atoms with Crippen molar-refractivity contribution < 1.29 is 19.1 Å². The van der Waals surface area contributed by atoms with Gasteiger partial charge in [-0.3, -0.25) is 4.79 Å². The number of carboxylic acids is 1. The van der Waals surface area contributed by atoms with Gasteiger partial charge in [0, 0.05) is 13.6 Å². The average molecular weight is 253 g/mol. The maximum Gasteiger partial charge on any atom is 0.357 e. The van der Waals surface area contributed by atoms with Gasteiger partial charge in [0.2, 0.25) is 5.91 Å². The van der Waals surface area contributed by atoms with Gasteiger partial charge in [0.15, 0.2) is 5.69 Å². The first-order valence-electron chi connectivity index (χ1n) is 5.80. The minimum absolute atomic E-state index is 0.107. The first-order chi connectivity index (χ1) is 8.63. The molecule has 1 atom stereocenters. The third-order valence-electron chi connectivity index (χ3n) is 3.01. The molecule has 1 amide bonds. The lowest BCUT2D eigenvalue weighted by atomic mass is 10.0. The van der Waals surface area contributed by atoms with E-state index in [0.717, 1.165) is 19.1 Å². The van der Waals surface area contributed by atoms with Crippen molar-refractivity contribution in [2.75, 3.05) is 18.5 Å². The van der Waals surface area contributed by atoms with Crippen LogP contribution in [0.3, 0.4) is 0 Å². The molecule has 2 rings (SSSR count). The summed E-state index contributed by atoms with van der Waals surface area (Å²) in [6.07, 6.45) is 3.69. The molecule has 1 unspecified atom stereocenters. The lowest BCUT2D eigenvalue weighted by molar-refractivity contribution is -0.122. The molecule has 1 aliphatic rings. The number of anilines is 1. The van der Waals surface area contributed by atoms with E-state index in [-0.39, 0.29) is 23.7 Å². The summed E-state index contributed by atoms with van der Waals surface area (Å²) in [5, 5.41) is 11.4. The highest BCUT2D eigenvalue weighted by molar-refractivity contribution is 5.86. The van der Waals surface area contributed by atoms with Gasteiger partial charge in [0.25, 0.3) is 6.01 Å². The first-order valence-corrected chi connectivity index (χ1v) is 5.80. The van der Waals surface area contributed by atoms with Crippen LogP contribution in [0.2, 0.25) is 0 Å². The zero-order valence-electron chi connectivity index (χ0n) is 10.0. The predicted octanol–water partition coefficient (Wildman–Crippen LogP) is 0.478. The summed E-state index contributed by atoms with van der Waals surface area (Å²) < 4.78 is 5.14. The number of carboxylic acid groups (broad SMARTS) is 1. The molecule has 0 radical (unpaired) electrons. The Kier molecular flexibility index (Phi) is 3.50. The number of likely N-dealkylation sites (N-methyl/N-ethyl adjacent to an activating group) is 1. The molecule has 0 aliphatic carbocycles. The fraction of sp³-hybridized carbons (Fsp3) is 0.545. The Hall–Kier alpha value is -2.05. The summed E-state index contributed by atoms with van der Waals surface area (Å²) >= 11 is 0. The quantitative estimate of drug-likeness (QED) is 0.813. The number of aromatic carboxylic acids is 1. The maximum absolute atomic E-state index is 11.8. The number of piperidine rings is 1. The Morgan fingerprint density at radius 3 is 2.94 bits per heavy atom. The number of nitrogens with one attached hydrogen (secondary N) is 1. The Morgan fingerprint density at radius 1 is 1.56 bits per heavy atom. The van der Waals surface area contributed by atoms with E-state index in [1.807, 2.05) is 0 Å². The summed E-state index contributed by atoms with van der Waals surface area (Å²) in [6, 6.07) is -0.148. The fourth-order valence-corrected chi connectivity index (χ4v) is 2.09. The van der Waals surface area contributed by atoms with E-state index in [2.05, 4.69) is 10.3 Å². The van der Waals surface area contributed by atoms with E-state index in [4.69, 9.17) is 9.52 Å². The van der Waals surface area contributed by atoms with Crippen molar-refractivity contribution in [1.82, 2.24) is 10.3 Å². The number of aromatic nitrogens is 1. The second-order valence-corrected chi connectivity index (χ2v) is 4.14. The highest BCUT2D eigenvalue weighted by Gasteiger charge is 2.31. The Bertz CT molecular complexity index is 457. The molecule has 1 fully saturated rings. The van der Waals surface area contributed by atoms with Gasteiger partial charge in [-0.1, -0.05) is 0 Å². The molecule has 0 saturated carbocycles. The smallest absolute Gasteiger partial charge is 0.357 e. The number of rotatable bonds is 3. The van der Waals surface area contributed by atoms with Gasteiger partial charge in [-0.25, -0.2) is 4.79 Å². The molecule has 7 heteroatoms. The molecule has 98 valence electrons. The van der Waals surface area contributed by atoms with Crippen molar-refractivity contribution in [2.24, 2.45) is 0 Å². The molecule has 1 saturated heterocycles. The summed E-state index contributed by atoms with van der Waals surface area (Å²) in [7, 11) is 1.58. The molecule has 0 aromatic carbocycles. The Labute approximate surface area is 104 Å². The molecule has 1 aromatic rings. The van der Waals surface area contributed by atoms with Crippen LogP contribution in [-0.4, -0.2) is 41.6 Å². The van der Waals surface area contributed by atoms with Crippen LogP contribution in [0.4, 0.5) is 6.01 Å². The van der Waals surface area contributed by atoms with Gasteiger partial charge >= 0.3 is 5.97 Å². The second-order valence-electron chi connectivity index (χ2n) is 4.14. The number of nitrogens with zero attached hydrogens (tertiary/aromatic N) is 2. The van der Waals surface area contributed by atoms with Gasteiger partial charge in [-0.2, -0.15) is 4.98 Å². The Balaban J connectivity index is 2.22. The molecule has 7 nitrogen and oxygen atoms in total. The summed E-state index contributed by atoms with van der Waals surface area (Å²) in [5.41, 5.74) is -0.147. The number of carbonyl (C=O) groups is 2. The number of amides is 1. The number of hydrogen-bond acceptors (Lipinski definition) is 5. The number of hydrogen-bond donors (Lipinski definition) is 2. The van der Waals surface area contributed by atoms with Crippen LogP contribution in [0.25, 0.3) is 0 Å². The van der Waals surface area contributed by atoms with Gasteiger partial charge < -0.3 is 19.7 Å². The topological polar surface area (TPSA) is 95.7 Å². The van der Waals surface area contributed by atoms with Gasteiger partial charge in [-0.15, -0.1) is 0 Å². The number of oxazole rings is 1. The van der Waals surface area contributed by atoms with Crippen LogP contribution in [0, 0.1) is 0 Å². The molecule has 18 heavy (non-hydrogen) atoms. The van der Waals surface area contributed by atoms with Crippen LogP contribution in [0.5, 0.6) is 0 Å². The molecule has 0 bridgehead atoms. The molecule has 0 spiro atoms. The van der Waals surface area contributed by atoms with E-state index >= 15 is 0 Å². The van der Waals surface area contributed by atoms with Crippen LogP contribution in [0.15, 0.2) is 10.7 Å². The zero-order valence-corrected chi connectivity index (χ0v) is 10.0. The summed E-state index contributed by atoms with van der Waals surface area (Å²) in [4.78, 5) is 28.1. The third kappa shape index (κ3) is 2.29. The van der Waals surface area contributed by atoms with Crippen molar-refractivity contribution in [2.45, 2.75) is 25.3 Å². The van der Waals surface area contributed by atoms with Crippen molar-refractivity contribution >= 4 is 17.9 Å². The molecular formula is C11H15N3O4. The molecule has 1 aromatic heterocycles. The van der Waals surface area contributed by atoms with E-state index in [1.54, 1.807) is 11.9 Å². The monoisotopic (exact) mass is 253 g/mol. The lowest BCUT2D eigenvalue weighted by Gasteiger charge is -2.32.